The van der Waals surface area contributed by atoms with Gasteiger partial charge in [0.05, 0.1) is 6.16 Å². The van der Waals surface area contributed by atoms with Gasteiger partial charge >= 0.3 is 8.03 Å². The maximum atomic E-state index is 11.7. The summed E-state index contributed by atoms with van der Waals surface area (Å²) < 4.78 is 17.0. The van der Waals surface area contributed by atoms with Crippen molar-refractivity contribution in [2.75, 3.05) is 6.16 Å². The SMILES string of the molecule is CC[P+](c1ccccc1)(c1ccccc1)c1ccccc1.O=[P+](Oc1ccccc1)c1ccccc1. The van der Waals surface area contributed by atoms with Crippen molar-refractivity contribution in [3.63, 3.8) is 0 Å². The largest absolute Gasteiger partial charge is 0.597 e. The molecule has 0 saturated heterocycles. The highest BCUT2D eigenvalue weighted by Gasteiger charge is 2.43. The Morgan fingerprint density at radius 2 is 0.861 bits per heavy atom. The van der Waals surface area contributed by atoms with E-state index in [4.69, 9.17) is 4.52 Å². The maximum absolute atomic E-state index is 11.7. The quantitative estimate of drug-likeness (QED) is 0.219. The van der Waals surface area contributed by atoms with E-state index in [1.165, 1.54) is 15.9 Å². The normalized spacial score (nSPS) is 11.1. The number of benzene rings is 5. The van der Waals surface area contributed by atoms with Crippen LogP contribution in [0.15, 0.2) is 152 Å². The highest BCUT2D eigenvalue weighted by Crippen LogP contribution is 2.54. The summed E-state index contributed by atoms with van der Waals surface area (Å²) in [5.74, 6) is 0.627. The molecule has 5 aromatic rings. The van der Waals surface area contributed by atoms with E-state index in [1.54, 1.807) is 24.3 Å². The summed E-state index contributed by atoms with van der Waals surface area (Å²) in [6.07, 6.45) is 1.14. The van der Waals surface area contributed by atoms with E-state index in [9.17, 15) is 4.57 Å². The third-order valence-corrected chi connectivity index (χ3v) is 11.5. The van der Waals surface area contributed by atoms with E-state index in [0.29, 0.717) is 11.1 Å². The Balaban J connectivity index is 0.000000179. The molecule has 0 saturated carbocycles. The van der Waals surface area contributed by atoms with Gasteiger partial charge in [0.15, 0.2) is 5.75 Å². The van der Waals surface area contributed by atoms with Crippen molar-refractivity contribution in [2.45, 2.75) is 6.92 Å². The summed E-state index contributed by atoms with van der Waals surface area (Å²) in [5, 5.41) is 5.09. The molecule has 5 rings (SSSR count). The molecule has 4 heteroatoms. The second-order valence-corrected chi connectivity index (χ2v) is 13.1. The average molecular weight is 509 g/mol. The Morgan fingerprint density at radius 1 is 0.528 bits per heavy atom. The fourth-order valence-corrected chi connectivity index (χ4v) is 9.09. The lowest BCUT2D eigenvalue weighted by Gasteiger charge is -2.26. The first-order valence-electron chi connectivity index (χ1n) is 12.0. The van der Waals surface area contributed by atoms with Crippen LogP contribution in [0.4, 0.5) is 0 Å². The van der Waals surface area contributed by atoms with Gasteiger partial charge in [-0.05, 0) is 72.2 Å². The van der Waals surface area contributed by atoms with Gasteiger partial charge in [-0.25, -0.2) is 0 Å². The van der Waals surface area contributed by atoms with Crippen LogP contribution in [-0.4, -0.2) is 6.16 Å². The van der Waals surface area contributed by atoms with Crippen LogP contribution in [0.1, 0.15) is 6.92 Å². The van der Waals surface area contributed by atoms with Gasteiger partial charge in [-0.3, -0.25) is 4.52 Å². The van der Waals surface area contributed by atoms with Crippen molar-refractivity contribution in [3.8, 4) is 5.75 Å². The van der Waals surface area contributed by atoms with Crippen molar-refractivity contribution in [1.29, 1.82) is 0 Å². The van der Waals surface area contributed by atoms with Crippen LogP contribution >= 0.6 is 15.3 Å². The highest BCUT2D eigenvalue weighted by molar-refractivity contribution is 7.95. The smallest absolute Gasteiger partial charge is 0.250 e. The summed E-state index contributed by atoms with van der Waals surface area (Å²) in [6, 6.07) is 51.3. The molecule has 178 valence electrons. The first-order chi connectivity index (χ1) is 17.7. The van der Waals surface area contributed by atoms with E-state index in [-0.39, 0.29) is 0 Å². The fourth-order valence-electron chi connectivity index (χ4n) is 4.22. The first kappa shape index (κ1) is 25.5. The molecule has 0 spiro atoms. The lowest BCUT2D eigenvalue weighted by atomic mass is 10.3. The first-order valence-corrected chi connectivity index (χ1v) is 15.2. The molecule has 1 atom stereocenters. The second-order valence-electron chi connectivity index (χ2n) is 8.13. The van der Waals surface area contributed by atoms with Crippen molar-refractivity contribution < 1.29 is 9.09 Å². The Hall–Kier alpha value is -3.57. The third kappa shape index (κ3) is 6.16. The molecule has 0 bridgehead atoms. The van der Waals surface area contributed by atoms with E-state index < -0.39 is 15.3 Å². The standard InChI is InChI=1S/C20H20P.C12H10O2P/c1-2-21(18-12-6-3-7-13-18,19-14-8-4-9-15-19)20-16-10-5-11-17-20;13-15(12-9-5-2-6-10-12)14-11-7-3-1-4-8-11/h3-17H,2H2,1H3;1-10H/q2*+1. The van der Waals surface area contributed by atoms with Crippen molar-refractivity contribution in [2.24, 2.45) is 0 Å². The minimum Gasteiger partial charge on any atom is -0.250 e. The molecule has 0 heterocycles. The predicted octanol–water partition coefficient (Wildman–Crippen LogP) is 7.13. The highest BCUT2D eigenvalue weighted by atomic mass is 31.2. The molecule has 1 unspecified atom stereocenters. The van der Waals surface area contributed by atoms with Gasteiger partial charge < -0.3 is 0 Å². The monoisotopic (exact) mass is 508 g/mol. The van der Waals surface area contributed by atoms with E-state index >= 15 is 0 Å². The average Bonchev–Trinajstić information content (AvgIpc) is 2.97. The van der Waals surface area contributed by atoms with Crippen LogP contribution in [0.25, 0.3) is 0 Å². The summed E-state index contributed by atoms with van der Waals surface area (Å²) in [4.78, 5) is 0. The molecule has 2 nitrogen and oxygen atoms in total. The third-order valence-electron chi connectivity index (χ3n) is 5.96. The van der Waals surface area contributed by atoms with Crippen LogP contribution in [0.3, 0.4) is 0 Å². The molecule has 0 aromatic heterocycles. The summed E-state index contributed by atoms with van der Waals surface area (Å²) in [5.41, 5.74) is 0. The Bertz CT molecular complexity index is 1230. The lowest BCUT2D eigenvalue weighted by Crippen LogP contribution is -2.32. The number of para-hydroxylation sites is 1. The summed E-state index contributed by atoms with van der Waals surface area (Å²) >= 11 is 0. The molecule has 5 aromatic carbocycles. The zero-order valence-electron chi connectivity index (χ0n) is 20.4. The van der Waals surface area contributed by atoms with Gasteiger partial charge in [0.1, 0.15) is 23.2 Å². The van der Waals surface area contributed by atoms with Gasteiger partial charge in [0.25, 0.3) is 0 Å². The van der Waals surface area contributed by atoms with Crippen LogP contribution < -0.4 is 25.7 Å². The molecule has 0 N–H and O–H groups in total. The zero-order valence-corrected chi connectivity index (χ0v) is 22.1. The van der Waals surface area contributed by atoms with Crippen molar-refractivity contribution >= 4 is 36.5 Å². The van der Waals surface area contributed by atoms with Gasteiger partial charge in [-0.2, -0.15) is 0 Å². The lowest BCUT2D eigenvalue weighted by molar-refractivity contribution is 0.514. The van der Waals surface area contributed by atoms with Gasteiger partial charge in [-0.15, -0.1) is 0 Å². The van der Waals surface area contributed by atoms with E-state index in [1.807, 2.05) is 36.4 Å². The Morgan fingerprint density at radius 3 is 1.22 bits per heavy atom. The predicted molar refractivity (Wildman–Crippen MR) is 156 cm³/mol. The van der Waals surface area contributed by atoms with E-state index in [0.717, 1.165) is 6.16 Å². The maximum Gasteiger partial charge on any atom is 0.597 e. The Labute approximate surface area is 215 Å². The van der Waals surface area contributed by atoms with Crippen molar-refractivity contribution in [1.82, 2.24) is 0 Å². The molecular formula is C32H30O2P2+2. The topological polar surface area (TPSA) is 26.3 Å². The van der Waals surface area contributed by atoms with Crippen LogP contribution in [0.2, 0.25) is 0 Å². The molecule has 0 aliphatic heterocycles. The fraction of sp³-hybridized carbons (Fsp3) is 0.0625. The number of hydrogen-bond acceptors (Lipinski definition) is 2. The summed E-state index contributed by atoms with van der Waals surface area (Å²) in [7, 11) is -3.34. The van der Waals surface area contributed by atoms with Gasteiger partial charge in [0, 0.05) is 0 Å². The molecule has 0 amide bonds. The minimum atomic E-state index is -1.80. The molecule has 0 fully saturated rings. The molecule has 0 radical (unpaired) electrons. The van der Waals surface area contributed by atoms with Crippen molar-refractivity contribution in [3.05, 3.63) is 152 Å². The molecule has 0 aliphatic rings. The zero-order chi connectivity index (χ0) is 25.1. The van der Waals surface area contributed by atoms with Gasteiger partial charge in [0.2, 0.25) is 5.30 Å². The van der Waals surface area contributed by atoms with Crippen LogP contribution in [0.5, 0.6) is 5.75 Å². The molecule has 0 aliphatic carbocycles. The second kappa shape index (κ2) is 12.9. The number of rotatable bonds is 7. The molecular weight excluding hydrogens is 478 g/mol. The van der Waals surface area contributed by atoms with Gasteiger partial charge in [-0.1, -0.05) is 91.0 Å². The van der Waals surface area contributed by atoms with E-state index in [2.05, 4.69) is 97.9 Å². The van der Waals surface area contributed by atoms with Crippen LogP contribution in [-0.2, 0) is 4.57 Å². The van der Waals surface area contributed by atoms with Crippen LogP contribution in [0, 0.1) is 0 Å². The summed E-state index contributed by atoms with van der Waals surface area (Å²) in [6.45, 7) is 2.32. The minimum absolute atomic E-state index is 0.627. The Kier molecular flexibility index (Phi) is 9.17. The number of hydrogen-bond donors (Lipinski definition) is 0. The molecule has 36 heavy (non-hydrogen) atoms.